The summed E-state index contributed by atoms with van der Waals surface area (Å²) in [4.78, 5) is 20.5. The number of nitrogens with zero attached hydrogens (tertiary/aromatic N) is 2. The molecule has 3 aliphatic rings. The minimum atomic E-state index is -0.958. The highest BCUT2D eigenvalue weighted by atomic mass is 35.5. The minimum absolute atomic E-state index is 0.0807. The van der Waals surface area contributed by atoms with E-state index < -0.39 is 11.0 Å². The first kappa shape index (κ1) is 20.9. The highest BCUT2D eigenvalue weighted by Crippen LogP contribution is 2.61. The van der Waals surface area contributed by atoms with Gasteiger partial charge < -0.3 is 10.0 Å². The molecule has 2 bridgehead atoms. The number of hydrogen-bond acceptors (Lipinski definition) is 3. The van der Waals surface area contributed by atoms with Gasteiger partial charge in [0.25, 0.3) is 0 Å². The molecule has 0 spiro atoms. The normalized spacial score (nSPS) is 25.4. The van der Waals surface area contributed by atoms with Gasteiger partial charge in [0.1, 0.15) is 5.41 Å². The van der Waals surface area contributed by atoms with Crippen molar-refractivity contribution in [1.29, 1.82) is 0 Å². The van der Waals surface area contributed by atoms with Crippen molar-refractivity contribution < 1.29 is 9.90 Å². The topological polar surface area (TPSA) is 53.4 Å². The molecule has 4 nitrogen and oxygen atoms in total. The van der Waals surface area contributed by atoms with Crippen molar-refractivity contribution in [1.82, 2.24) is 9.88 Å². The van der Waals surface area contributed by atoms with Crippen molar-refractivity contribution in [3.05, 3.63) is 99.8 Å². The number of carbonyl (C=O) groups excluding carboxylic acids is 1. The molecule has 1 N–H and O–H groups in total. The van der Waals surface area contributed by atoms with Crippen molar-refractivity contribution in [2.24, 2.45) is 5.92 Å². The molecule has 2 aromatic carbocycles. The van der Waals surface area contributed by atoms with E-state index in [1.807, 2.05) is 42.2 Å². The van der Waals surface area contributed by atoms with Crippen LogP contribution in [-0.4, -0.2) is 34.0 Å². The molecule has 33 heavy (non-hydrogen) atoms. The van der Waals surface area contributed by atoms with Crippen molar-refractivity contribution in [2.75, 3.05) is 13.1 Å². The lowest BCUT2D eigenvalue weighted by molar-refractivity contribution is -0.139. The first-order valence-electron chi connectivity index (χ1n) is 11.7. The average molecular weight is 459 g/mol. The Balaban J connectivity index is 1.31. The second-order valence-electron chi connectivity index (χ2n) is 9.94. The summed E-state index contributed by atoms with van der Waals surface area (Å²) in [6.07, 6.45) is 5.77. The Bertz CT molecular complexity index is 1230. The molecule has 3 atom stereocenters. The van der Waals surface area contributed by atoms with Crippen LogP contribution in [0.4, 0.5) is 0 Å². The summed E-state index contributed by atoms with van der Waals surface area (Å²) in [5, 5.41) is 12.0. The molecule has 2 heterocycles. The number of aromatic nitrogens is 1. The lowest BCUT2D eigenvalue weighted by atomic mass is 9.73. The van der Waals surface area contributed by atoms with Gasteiger partial charge in [0.05, 0.1) is 5.60 Å². The van der Waals surface area contributed by atoms with Gasteiger partial charge in [0.15, 0.2) is 0 Å². The molecule has 0 saturated carbocycles. The fourth-order valence-corrected chi connectivity index (χ4v) is 6.75. The molecule has 1 aliphatic heterocycles. The summed E-state index contributed by atoms with van der Waals surface area (Å²) in [6.45, 7) is 3.16. The number of amides is 1. The standard InChI is InChI=1S/C28H27ClN2O2/c1-27(33,19-5-4-12-30-17-19)18-10-13-31(14-11-18)26(32)28-16-23(21-6-2-3-7-24(21)28)22-9-8-20(29)15-25(22)28/h2-9,12,15,17-18,23,33H,10-11,13-14,16H2,1H3/t23-,27-,28+/m1/s1. The molecule has 168 valence electrons. The zero-order valence-corrected chi connectivity index (χ0v) is 19.4. The van der Waals surface area contributed by atoms with E-state index in [2.05, 4.69) is 29.2 Å². The number of hydrogen-bond donors (Lipinski definition) is 1. The predicted molar refractivity (Wildman–Crippen MR) is 128 cm³/mol. The fraction of sp³-hybridized carbons (Fsp3) is 0.357. The smallest absolute Gasteiger partial charge is 0.237 e. The molecule has 5 heteroatoms. The van der Waals surface area contributed by atoms with Crippen LogP contribution in [0.2, 0.25) is 5.02 Å². The second kappa shape index (κ2) is 7.41. The Labute approximate surface area is 199 Å². The third-order valence-electron chi connectivity index (χ3n) is 8.35. The summed E-state index contributed by atoms with van der Waals surface area (Å²) < 4.78 is 0. The highest BCUT2D eigenvalue weighted by molar-refractivity contribution is 6.30. The van der Waals surface area contributed by atoms with Crippen LogP contribution in [0.25, 0.3) is 0 Å². The van der Waals surface area contributed by atoms with E-state index in [4.69, 9.17) is 11.6 Å². The number of halogens is 1. The zero-order chi connectivity index (χ0) is 22.8. The summed E-state index contributed by atoms with van der Waals surface area (Å²) >= 11 is 6.41. The number of likely N-dealkylation sites (tertiary alicyclic amines) is 1. The molecule has 1 aromatic heterocycles. The number of rotatable bonds is 3. The van der Waals surface area contributed by atoms with Gasteiger partial charge >= 0.3 is 0 Å². The SMILES string of the molecule is C[C@](O)(c1cccnc1)C1CCN(C(=O)[C@@]23C[C@H](c4ccccc42)c2ccc(Cl)cc23)CC1. The molecule has 6 rings (SSSR count). The van der Waals surface area contributed by atoms with Gasteiger partial charge in [-0.1, -0.05) is 48.0 Å². The predicted octanol–water partition coefficient (Wildman–Crippen LogP) is 5.02. The van der Waals surface area contributed by atoms with Gasteiger partial charge in [0.2, 0.25) is 5.91 Å². The van der Waals surface area contributed by atoms with E-state index in [1.54, 1.807) is 12.4 Å². The Morgan fingerprint density at radius 2 is 1.85 bits per heavy atom. The van der Waals surface area contributed by atoms with Crippen LogP contribution in [0.1, 0.15) is 59.9 Å². The third-order valence-corrected chi connectivity index (χ3v) is 8.58. The van der Waals surface area contributed by atoms with E-state index in [9.17, 15) is 9.90 Å². The maximum absolute atomic E-state index is 14.3. The van der Waals surface area contributed by atoms with Crippen LogP contribution in [0.3, 0.4) is 0 Å². The van der Waals surface area contributed by atoms with Gasteiger partial charge in [-0.3, -0.25) is 9.78 Å². The maximum Gasteiger partial charge on any atom is 0.237 e. The number of fused-ring (bicyclic) bond motifs is 8. The first-order valence-corrected chi connectivity index (χ1v) is 12.1. The summed E-state index contributed by atoms with van der Waals surface area (Å²) in [6, 6.07) is 18.2. The van der Waals surface area contributed by atoms with Crippen LogP contribution >= 0.6 is 11.6 Å². The summed E-state index contributed by atoms with van der Waals surface area (Å²) in [7, 11) is 0. The van der Waals surface area contributed by atoms with Crippen molar-refractivity contribution in [3.8, 4) is 0 Å². The first-order chi connectivity index (χ1) is 15.9. The number of aliphatic hydroxyl groups is 1. The van der Waals surface area contributed by atoms with Gasteiger partial charge in [-0.2, -0.15) is 0 Å². The van der Waals surface area contributed by atoms with Crippen molar-refractivity contribution in [2.45, 2.75) is 43.1 Å². The zero-order valence-electron chi connectivity index (χ0n) is 18.7. The van der Waals surface area contributed by atoms with Gasteiger partial charge in [0, 0.05) is 42.0 Å². The lowest BCUT2D eigenvalue weighted by Gasteiger charge is -2.42. The molecule has 0 radical (unpaired) electrons. The van der Waals surface area contributed by atoms with E-state index >= 15 is 0 Å². The quantitative estimate of drug-likeness (QED) is 0.599. The van der Waals surface area contributed by atoms with Crippen molar-refractivity contribution >= 4 is 17.5 Å². The van der Waals surface area contributed by atoms with Crippen molar-refractivity contribution in [3.63, 3.8) is 0 Å². The summed E-state index contributed by atoms with van der Waals surface area (Å²) in [5.41, 5.74) is 3.95. The average Bonchev–Trinajstić information content (AvgIpc) is 3.37. The van der Waals surface area contributed by atoms with Crippen LogP contribution in [-0.2, 0) is 15.8 Å². The Hall–Kier alpha value is -2.69. The Morgan fingerprint density at radius 1 is 1.09 bits per heavy atom. The number of piperidine rings is 1. The van der Waals surface area contributed by atoms with Gasteiger partial charge in [-0.15, -0.1) is 0 Å². The number of benzene rings is 2. The van der Waals surface area contributed by atoms with Crippen LogP contribution < -0.4 is 0 Å². The number of pyridine rings is 1. The van der Waals surface area contributed by atoms with Gasteiger partial charge in [-0.25, -0.2) is 0 Å². The van der Waals surface area contributed by atoms with E-state index in [-0.39, 0.29) is 17.7 Å². The Kier molecular flexibility index (Phi) is 4.69. The lowest BCUT2D eigenvalue weighted by Crippen LogP contribution is -2.51. The van der Waals surface area contributed by atoms with E-state index in [1.165, 1.54) is 11.1 Å². The third kappa shape index (κ3) is 2.93. The molecule has 1 saturated heterocycles. The minimum Gasteiger partial charge on any atom is -0.385 e. The fourth-order valence-electron chi connectivity index (χ4n) is 6.58. The maximum atomic E-state index is 14.3. The Morgan fingerprint density at radius 3 is 2.61 bits per heavy atom. The van der Waals surface area contributed by atoms with Crippen LogP contribution in [0, 0.1) is 5.92 Å². The number of carbonyl (C=O) groups is 1. The highest BCUT2D eigenvalue weighted by Gasteiger charge is 2.58. The molecule has 3 aromatic rings. The largest absolute Gasteiger partial charge is 0.385 e. The molecule has 1 fully saturated rings. The monoisotopic (exact) mass is 458 g/mol. The molecular formula is C28H27ClN2O2. The van der Waals surface area contributed by atoms with Gasteiger partial charge in [-0.05, 0) is 72.6 Å². The molecule has 2 aliphatic carbocycles. The summed E-state index contributed by atoms with van der Waals surface area (Å²) in [5.74, 6) is 0.511. The molecular weight excluding hydrogens is 432 g/mol. The van der Waals surface area contributed by atoms with E-state index in [0.717, 1.165) is 36.0 Å². The molecule has 0 unspecified atom stereocenters. The molecule has 1 amide bonds. The van der Waals surface area contributed by atoms with E-state index in [0.29, 0.717) is 18.1 Å². The van der Waals surface area contributed by atoms with Crippen LogP contribution in [0.15, 0.2) is 67.0 Å². The second-order valence-corrected chi connectivity index (χ2v) is 10.4. The van der Waals surface area contributed by atoms with Crippen LogP contribution in [0.5, 0.6) is 0 Å².